The van der Waals surface area contributed by atoms with Crippen molar-refractivity contribution >= 4 is 56.5 Å². The van der Waals surface area contributed by atoms with E-state index in [1.54, 1.807) is 44.3 Å². The lowest BCUT2D eigenvalue weighted by molar-refractivity contribution is -0.257. The zero-order valence-electron chi connectivity index (χ0n) is 29.2. The molecule has 2 fully saturated rings. The number of carbonyl (C=O) groups is 1. The highest BCUT2D eigenvalue weighted by Crippen LogP contribution is 2.76. The predicted molar refractivity (Wildman–Crippen MR) is 202 cm³/mol. The highest BCUT2D eigenvalue weighted by Gasteiger charge is 2.84. The molecule has 4 aromatic rings. The average molecular weight is 777 g/mol. The lowest BCUT2D eigenvalue weighted by atomic mass is 9.69. The van der Waals surface area contributed by atoms with Crippen molar-refractivity contribution in [1.82, 2.24) is 14.8 Å². The second-order valence-corrected chi connectivity index (χ2v) is 17.6. The fourth-order valence-corrected chi connectivity index (χ4v) is 11.7. The van der Waals surface area contributed by atoms with Crippen LogP contribution in [0.2, 0.25) is 0 Å². The molecule has 1 amide bonds. The van der Waals surface area contributed by atoms with Gasteiger partial charge in [0.1, 0.15) is 0 Å². The molecule has 1 saturated heterocycles. The molecule has 0 spiro atoms. The number of nitrogens with zero attached hydrogens (tertiary/aromatic N) is 3. The number of allylic oxidation sites excluding steroid dienone is 3. The number of fused-ring (bicyclic) bond motifs is 7. The molecule has 3 aliphatic heterocycles. The van der Waals surface area contributed by atoms with Crippen molar-refractivity contribution in [2.75, 3.05) is 38.0 Å². The van der Waals surface area contributed by atoms with E-state index in [1.807, 2.05) is 54.6 Å². The summed E-state index contributed by atoms with van der Waals surface area (Å²) in [5, 5.41) is 3.95. The van der Waals surface area contributed by atoms with Crippen LogP contribution < -0.4 is 5.32 Å². The quantitative estimate of drug-likeness (QED) is 0.197. The van der Waals surface area contributed by atoms with Crippen molar-refractivity contribution in [3.63, 3.8) is 0 Å². The fraction of sp³-hybridized carbons (Fsp3) is 0.317. The van der Waals surface area contributed by atoms with E-state index in [4.69, 9.17) is 0 Å². The molecule has 2 aliphatic carbocycles. The third kappa shape index (κ3) is 5.03. The van der Waals surface area contributed by atoms with Crippen LogP contribution in [0.4, 0.5) is 32.0 Å². The Morgan fingerprint density at radius 2 is 1.44 bits per heavy atom. The molecule has 0 radical (unpaired) electrons. The summed E-state index contributed by atoms with van der Waals surface area (Å²) in [5.74, 6) is -15.8. The molecule has 4 heterocycles. The van der Waals surface area contributed by atoms with E-state index in [0.717, 1.165) is 29.6 Å². The Bertz CT molecular complexity index is 2330. The minimum Gasteiger partial charge on any atom is -0.323 e. The number of para-hydroxylation sites is 1. The molecule has 5 aliphatic rings. The van der Waals surface area contributed by atoms with Crippen LogP contribution in [0.1, 0.15) is 30.5 Å². The maximum Gasteiger partial charge on any atom is 0.380 e. The number of aromatic nitrogens is 1. The number of piperazine rings is 1. The number of amides is 1. The molecule has 9 rings (SSSR count). The van der Waals surface area contributed by atoms with Crippen molar-refractivity contribution in [2.45, 2.75) is 52.5 Å². The van der Waals surface area contributed by atoms with Crippen molar-refractivity contribution in [1.29, 1.82) is 0 Å². The molecule has 13 heteroatoms. The van der Waals surface area contributed by atoms with E-state index in [2.05, 4.69) is 20.1 Å². The highest BCUT2D eigenvalue weighted by molar-refractivity contribution is 8.11. The number of alkyl halides is 6. The summed E-state index contributed by atoms with van der Waals surface area (Å²) in [5.41, 5.74) is 0.650. The van der Waals surface area contributed by atoms with Crippen molar-refractivity contribution in [3.8, 4) is 0 Å². The minimum absolute atomic E-state index is 0.103. The van der Waals surface area contributed by atoms with Gasteiger partial charge in [-0.1, -0.05) is 60.7 Å². The number of hydrogen-bond acceptors (Lipinski definition) is 6. The van der Waals surface area contributed by atoms with E-state index in [-0.39, 0.29) is 23.6 Å². The Morgan fingerprint density at radius 3 is 2.20 bits per heavy atom. The van der Waals surface area contributed by atoms with Crippen LogP contribution in [0.5, 0.6) is 0 Å². The van der Waals surface area contributed by atoms with Gasteiger partial charge in [0.15, 0.2) is 0 Å². The van der Waals surface area contributed by atoms with Crippen molar-refractivity contribution in [3.05, 3.63) is 125 Å². The number of rotatable bonds is 6. The van der Waals surface area contributed by atoms with Crippen molar-refractivity contribution < 1.29 is 31.1 Å². The van der Waals surface area contributed by atoms with Crippen LogP contribution in [0.15, 0.2) is 113 Å². The van der Waals surface area contributed by atoms with Gasteiger partial charge in [-0.15, -0.1) is 23.5 Å². The van der Waals surface area contributed by atoms with Gasteiger partial charge in [-0.2, -0.15) is 26.3 Å². The van der Waals surface area contributed by atoms with E-state index < -0.39 is 38.4 Å². The van der Waals surface area contributed by atoms with E-state index in [0.29, 0.717) is 46.2 Å². The van der Waals surface area contributed by atoms with Gasteiger partial charge < -0.3 is 5.32 Å². The molecule has 5 nitrogen and oxygen atoms in total. The summed E-state index contributed by atoms with van der Waals surface area (Å²) >= 11 is 2.53. The summed E-state index contributed by atoms with van der Waals surface area (Å²) in [7, 11) is 0. The number of benzene rings is 3. The smallest absolute Gasteiger partial charge is 0.323 e. The standard InChI is InChI=1S/C41H34F6N4OS2/c1-37-28(34-35(40(44,45)41(46,47)39(34,42)43)33-27-9-3-4-11-30(27)53-38(33,37)2)21-31(54-37)25-14-12-24(13-15-25)22-50-17-19-51(20-18-50)23-32(52)49-29-10-5-7-26-8-6-16-48-36(26)29/h3-16,21H,17-20,22-23H2,1-2H3,(H,49,52). The van der Waals surface area contributed by atoms with Crippen LogP contribution >= 0.6 is 23.5 Å². The molecule has 3 aromatic carbocycles. The number of nitrogens with one attached hydrogen (secondary N) is 1. The van der Waals surface area contributed by atoms with E-state index in [9.17, 15) is 4.79 Å². The topological polar surface area (TPSA) is 48.5 Å². The van der Waals surface area contributed by atoms with Gasteiger partial charge in [0, 0.05) is 65.3 Å². The highest BCUT2D eigenvalue weighted by atomic mass is 32.2. The molecule has 54 heavy (non-hydrogen) atoms. The second-order valence-electron chi connectivity index (χ2n) is 14.7. The second kappa shape index (κ2) is 12.2. The van der Waals surface area contributed by atoms with Gasteiger partial charge in [-0.25, -0.2) is 0 Å². The van der Waals surface area contributed by atoms with E-state index in [1.165, 1.54) is 29.6 Å². The molecule has 278 valence electrons. The van der Waals surface area contributed by atoms with Crippen LogP contribution in [0, 0.1) is 0 Å². The molecule has 1 N–H and O–H groups in total. The normalized spacial score (nSPS) is 26.7. The van der Waals surface area contributed by atoms with Gasteiger partial charge >= 0.3 is 17.8 Å². The zero-order valence-corrected chi connectivity index (χ0v) is 30.9. The Kier molecular flexibility index (Phi) is 8.07. The Hall–Kier alpha value is -4.04. The summed E-state index contributed by atoms with van der Waals surface area (Å²) < 4.78 is 90.8. The molecule has 2 unspecified atom stereocenters. The first kappa shape index (κ1) is 35.6. The summed E-state index contributed by atoms with van der Waals surface area (Å²) in [6.07, 6.45) is 3.13. The molecular formula is C41H34F6N4OS2. The minimum atomic E-state index is -5.59. The SMILES string of the molecule is CC12SC(c3ccc(CN4CCN(CC(=O)Nc5cccc6cccnc56)CC4)cc3)=CC1=C1C(=C3c4ccccc4SC32C)C(F)(F)C(F)(F)C1(F)F. The lowest BCUT2D eigenvalue weighted by Gasteiger charge is -2.47. The number of halogens is 6. The van der Waals surface area contributed by atoms with Gasteiger partial charge in [0.25, 0.3) is 0 Å². The fourth-order valence-electron chi connectivity index (χ4n) is 8.53. The molecular weight excluding hydrogens is 743 g/mol. The van der Waals surface area contributed by atoms with Crippen LogP contribution in [-0.2, 0) is 11.3 Å². The van der Waals surface area contributed by atoms with Crippen LogP contribution in [-0.4, -0.2) is 80.7 Å². The summed E-state index contributed by atoms with van der Waals surface area (Å²) in [6.45, 7) is 7.26. The van der Waals surface area contributed by atoms with Crippen LogP contribution in [0.3, 0.4) is 0 Å². The molecule has 1 aromatic heterocycles. The number of thioether (sulfide) groups is 2. The third-order valence-electron chi connectivity index (χ3n) is 11.5. The Morgan fingerprint density at radius 1 is 0.759 bits per heavy atom. The number of carbonyl (C=O) groups excluding carboxylic acids is 1. The van der Waals surface area contributed by atoms with Gasteiger partial charge in [0.2, 0.25) is 5.91 Å². The maximum absolute atomic E-state index is 15.8. The molecule has 2 atom stereocenters. The molecule has 1 saturated carbocycles. The van der Waals surface area contributed by atoms with Gasteiger partial charge in [-0.05, 0) is 66.0 Å². The van der Waals surface area contributed by atoms with Gasteiger partial charge in [0.05, 0.1) is 27.2 Å². The third-order valence-corrected chi connectivity index (χ3v) is 14.9. The number of hydrogen-bond donors (Lipinski definition) is 1. The predicted octanol–water partition coefficient (Wildman–Crippen LogP) is 9.39. The van der Waals surface area contributed by atoms with Crippen LogP contribution in [0.25, 0.3) is 21.4 Å². The molecule has 0 bridgehead atoms. The summed E-state index contributed by atoms with van der Waals surface area (Å²) in [4.78, 5) is 22.9. The average Bonchev–Trinajstić information content (AvgIpc) is 3.70. The monoisotopic (exact) mass is 776 g/mol. The zero-order chi connectivity index (χ0) is 37.8. The van der Waals surface area contributed by atoms with E-state index >= 15 is 26.3 Å². The Balaban J connectivity index is 0.917. The van der Waals surface area contributed by atoms with Gasteiger partial charge in [-0.3, -0.25) is 19.6 Å². The maximum atomic E-state index is 15.8. The first-order chi connectivity index (χ1) is 25.7. The Labute approximate surface area is 316 Å². The largest absolute Gasteiger partial charge is 0.380 e. The lowest BCUT2D eigenvalue weighted by Crippen LogP contribution is -2.48. The summed E-state index contributed by atoms with van der Waals surface area (Å²) in [6, 6.07) is 23.7. The first-order valence-corrected chi connectivity index (χ1v) is 19.3. The number of anilines is 1. The van der Waals surface area contributed by atoms with Crippen molar-refractivity contribution in [2.24, 2.45) is 0 Å². The number of pyridine rings is 1. The first-order valence-electron chi connectivity index (χ1n) is 17.7.